The van der Waals surface area contributed by atoms with Crippen LogP contribution in [0.5, 0.6) is 0 Å². The summed E-state index contributed by atoms with van der Waals surface area (Å²) in [6.07, 6.45) is -3.75. The van der Waals surface area contributed by atoms with Gasteiger partial charge in [-0.1, -0.05) is 30.3 Å². The monoisotopic (exact) mass is 391 g/mol. The molecule has 0 saturated carbocycles. The van der Waals surface area contributed by atoms with Crippen LogP contribution in [0.25, 0.3) is 22.4 Å². The lowest BCUT2D eigenvalue weighted by molar-refractivity contribution is -0.139. The summed E-state index contributed by atoms with van der Waals surface area (Å²) in [6.45, 7) is 0. The van der Waals surface area contributed by atoms with Crippen LogP contribution in [0.1, 0.15) is 16.1 Å². The molecule has 0 saturated heterocycles. The number of hydrogen-bond acceptors (Lipinski definition) is 3. The maximum absolute atomic E-state index is 13.9. The molecule has 144 valence electrons. The van der Waals surface area contributed by atoms with Gasteiger partial charge in [-0.3, -0.25) is 9.59 Å². The summed E-state index contributed by atoms with van der Waals surface area (Å²) >= 11 is 0. The Hall–Kier alpha value is -3.49. The molecule has 2 aromatic carbocycles. The number of alkyl halides is 3. The van der Waals surface area contributed by atoms with Crippen LogP contribution in [0.4, 0.5) is 17.6 Å². The number of nitrogens with zero attached hydrogens (tertiary/aromatic N) is 2. The first kappa shape index (κ1) is 19.3. The second-order valence-corrected chi connectivity index (χ2v) is 6.00. The van der Waals surface area contributed by atoms with E-state index in [1.54, 1.807) is 0 Å². The first-order valence-corrected chi connectivity index (χ1v) is 7.93. The van der Waals surface area contributed by atoms with Crippen LogP contribution in [-0.2, 0) is 13.2 Å². The first-order chi connectivity index (χ1) is 13.1. The van der Waals surface area contributed by atoms with Gasteiger partial charge in [0.1, 0.15) is 17.2 Å². The van der Waals surface area contributed by atoms with E-state index in [2.05, 4.69) is 4.98 Å². The van der Waals surface area contributed by atoms with Gasteiger partial charge in [0.25, 0.3) is 11.5 Å². The molecule has 0 unspecified atom stereocenters. The lowest BCUT2D eigenvalue weighted by Gasteiger charge is -2.14. The molecule has 0 fully saturated rings. The number of halogens is 4. The normalized spacial score (nSPS) is 11.5. The highest BCUT2D eigenvalue weighted by Crippen LogP contribution is 2.39. The molecular formula is C19H13F4N3O2. The Morgan fingerprint density at radius 3 is 2.39 bits per heavy atom. The van der Waals surface area contributed by atoms with E-state index in [4.69, 9.17) is 5.73 Å². The lowest BCUT2D eigenvalue weighted by atomic mass is 9.96. The minimum Gasteiger partial charge on any atom is -0.364 e. The third-order valence-electron chi connectivity index (χ3n) is 4.07. The van der Waals surface area contributed by atoms with E-state index in [1.807, 2.05) is 0 Å². The van der Waals surface area contributed by atoms with Crippen LogP contribution in [0.3, 0.4) is 0 Å². The van der Waals surface area contributed by atoms with Crippen LogP contribution in [0.2, 0.25) is 0 Å². The molecule has 5 nitrogen and oxygen atoms in total. The standard InChI is InChI=1S/C19H13F4N3O2/c1-26-9-14(17(24)27)25-16(18(26)28)11-5-2-4-10(8-11)12-6-3-7-13(20)15(12)19(21,22)23/h2-9H,1H3,(H2,24,27). The van der Waals surface area contributed by atoms with E-state index < -0.39 is 29.0 Å². The van der Waals surface area contributed by atoms with E-state index in [0.717, 1.165) is 29.0 Å². The fourth-order valence-electron chi connectivity index (χ4n) is 2.80. The smallest absolute Gasteiger partial charge is 0.364 e. The van der Waals surface area contributed by atoms with Gasteiger partial charge in [-0.15, -0.1) is 0 Å². The predicted molar refractivity (Wildman–Crippen MR) is 93.8 cm³/mol. The van der Waals surface area contributed by atoms with Crippen molar-refractivity contribution in [3.05, 3.63) is 76.1 Å². The van der Waals surface area contributed by atoms with Crippen molar-refractivity contribution in [2.45, 2.75) is 6.18 Å². The van der Waals surface area contributed by atoms with Crippen molar-refractivity contribution >= 4 is 5.91 Å². The van der Waals surface area contributed by atoms with Crippen molar-refractivity contribution in [1.29, 1.82) is 0 Å². The van der Waals surface area contributed by atoms with Gasteiger partial charge in [0.2, 0.25) is 0 Å². The summed E-state index contributed by atoms with van der Waals surface area (Å²) in [4.78, 5) is 27.7. The van der Waals surface area contributed by atoms with Crippen molar-refractivity contribution in [3.8, 4) is 22.4 Å². The minimum absolute atomic E-state index is 0.0395. The minimum atomic E-state index is -4.91. The molecule has 0 atom stereocenters. The highest BCUT2D eigenvalue weighted by molar-refractivity contribution is 5.91. The summed E-state index contributed by atoms with van der Waals surface area (Å²) in [6, 6.07) is 8.52. The Kier molecular flexibility index (Phi) is 4.76. The maximum Gasteiger partial charge on any atom is 0.419 e. The van der Waals surface area contributed by atoms with Gasteiger partial charge in [0.15, 0.2) is 0 Å². The molecule has 0 aliphatic rings. The number of carbonyl (C=O) groups excluding carboxylic acids is 1. The molecule has 3 aromatic rings. The second kappa shape index (κ2) is 6.91. The molecular weight excluding hydrogens is 378 g/mol. The fraction of sp³-hybridized carbons (Fsp3) is 0.105. The molecule has 1 heterocycles. The van der Waals surface area contributed by atoms with Gasteiger partial charge in [-0.25, -0.2) is 9.37 Å². The molecule has 1 amide bonds. The topological polar surface area (TPSA) is 78.0 Å². The molecule has 28 heavy (non-hydrogen) atoms. The zero-order valence-electron chi connectivity index (χ0n) is 14.4. The number of benzene rings is 2. The number of nitrogens with two attached hydrogens (primary N) is 1. The van der Waals surface area contributed by atoms with Crippen LogP contribution < -0.4 is 11.3 Å². The molecule has 2 N–H and O–H groups in total. The molecule has 0 aliphatic carbocycles. The summed E-state index contributed by atoms with van der Waals surface area (Å²) < 4.78 is 54.9. The summed E-state index contributed by atoms with van der Waals surface area (Å²) in [5.74, 6) is -2.27. The third kappa shape index (κ3) is 3.51. The van der Waals surface area contributed by atoms with Crippen molar-refractivity contribution in [1.82, 2.24) is 9.55 Å². The van der Waals surface area contributed by atoms with E-state index in [-0.39, 0.29) is 28.1 Å². The van der Waals surface area contributed by atoms with Crippen molar-refractivity contribution in [2.75, 3.05) is 0 Å². The van der Waals surface area contributed by atoms with Crippen molar-refractivity contribution in [3.63, 3.8) is 0 Å². The van der Waals surface area contributed by atoms with Gasteiger partial charge >= 0.3 is 6.18 Å². The second-order valence-electron chi connectivity index (χ2n) is 6.00. The molecule has 0 aliphatic heterocycles. The highest BCUT2D eigenvalue weighted by atomic mass is 19.4. The summed E-state index contributed by atoms with van der Waals surface area (Å²) in [7, 11) is 1.39. The van der Waals surface area contributed by atoms with Crippen LogP contribution in [0, 0.1) is 5.82 Å². The Balaban J connectivity index is 2.23. The van der Waals surface area contributed by atoms with E-state index in [9.17, 15) is 27.2 Å². The van der Waals surface area contributed by atoms with E-state index in [1.165, 1.54) is 31.3 Å². The lowest BCUT2D eigenvalue weighted by Crippen LogP contribution is -2.25. The number of primary amides is 1. The third-order valence-corrected chi connectivity index (χ3v) is 4.07. The van der Waals surface area contributed by atoms with Gasteiger partial charge in [-0.2, -0.15) is 13.2 Å². The number of hydrogen-bond donors (Lipinski definition) is 1. The SMILES string of the molecule is Cn1cc(C(N)=O)nc(-c2cccc(-c3cccc(F)c3C(F)(F)F)c2)c1=O. The predicted octanol–water partition coefficient (Wildman–Crippen LogP) is 3.37. The number of carbonyl (C=O) groups is 1. The molecule has 3 rings (SSSR count). The van der Waals surface area contributed by atoms with Gasteiger partial charge < -0.3 is 10.3 Å². The van der Waals surface area contributed by atoms with Crippen molar-refractivity contribution in [2.24, 2.45) is 12.8 Å². The van der Waals surface area contributed by atoms with Gasteiger partial charge in [0.05, 0.1) is 5.56 Å². The highest BCUT2D eigenvalue weighted by Gasteiger charge is 2.37. The van der Waals surface area contributed by atoms with E-state index >= 15 is 0 Å². The zero-order valence-corrected chi connectivity index (χ0v) is 14.4. The Bertz CT molecular complexity index is 1140. The zero-order chi connectivity index (χ0) is 20.6. The number of amides is 1. The first-order valence-electron chi connectivity index (χ1n) is 7.93. The Labute approximate surface area is 156 Å². The van der Waals surface area contributed by atoms with Gasteiger partial charge in [-0.05, 0) is 23.3 Å². The van der Waals surface area contributed by atoms with Crippen LogP contribution >= 0.6 is 0 Å². The quantitative estimate of drug-likeness (QED) is 0.696. The molecule has 0 radical (unpaired) electrons. The summed E-state index contributed by atoms with van der Waals surface area (Å²) in [5.41, 5.74) is 2.72. The molecule has 1 aromatic heterocycles. The van der Waals surface area contributed by atoms with E-state index in [0.29, 0.717) is 0 Å². The fourth-order valence-corrected chi connectivity index (χ4v) is 2.80. The van der Waals surface area contributed by atoms with Crippen LogP contribution in [-0.4, -0.2) is 15.5 Å². The number of aryl methyl sites for hydroxylation is 1. The Morgan fingerprint density at radius 2 is 1.75 bits per heavy atom. The average Bonchev–Trinajstić information content (AvgIpc) is 2.62. The molecule has 0 spiro atoms. The van der Waals surface area contributed by atoms with Crippen LogP contribution in [0.15, 0.2) is 53.5 Å². The van der Waals surface area contributed by atoms with Gasteiger partial charge in [0, 0.05) is 18.8 Å². The summed E-state index contributed by atoms with van der Waals surface area (Å²) in [5, 5.41) is 0. The largest absolute Gasteiger partial charge is 0.419 e. The maximum atomic E-state index is 13.9. The average molecular weight is 391 g/mol. The number of aromatic nitrogens is 2. The molecule has 9 heteroatoms. The van der Waals surface area contributed by atoms with Crippen molar-refractivity contribution < 1.29 is 22.4 Å². The molecule has 0 bridgehead atoms. The number of rotatable bonds is 3. The Morgan fingerprint density at radius 1 is 1.11 bits per heavy atom.